The first-order valence-corrected chi connectivity index (χ1v) is 11.3. The maximum absolute atomic E-state index is 11.5. The van der Waals surface area contributed by atoms with E-state index >= 15 is 0 Å². The fraction of sp³-hybridized carbons (Fsp3) is 0.259. The van der Waals surface area contributed by atoms with Crippen molar-refractivity contribution in [3.8, 4) is 0 Å². The zero-order valence-electron chi connectivity index (χ0n) is 18.2. The average Bonchev–Trinajstić information content (AvgIpc) is 3.41. The van der Waals surface area contributed by atoms with E-state index in [0.29, 0.717) is 5.92 Å². The monoisotopic (exact) mass is 423 g/mol. The van der Waals surface area contributed by atoms with Crippen molar-refractivity contribution in [1.82, 2.24) is 4.57 Å². The molecule has 1 aliphatic heterocycles. The second kappa shape index (κ2) is 6.95. The molecule has 6 rings (SSSR count). The molecule has 0 amide bonds. The van der Waals surface area contributed by atoms with E-state index < -0.39 is 0 Å². The van der Waals surface area contributed by atoms with Crippen molar-refractivity contribution in [2.45, 2.75) is 38.8 Å². The number of fused-ring (bicyclic) bond motifs is 6. The highest BCUT2D eigenvalue weighted by atomic mass is 16.6. The molecule has 160 valence electrons. The number of aromatic nitrogens is 1. The smallest absolute Gasteiger partial charge is 0.274 e. The summed E-state index contributed by atoms with van der Waals surface area (Å²) >= 11 is 0. The van der Waals surface area contributed by atoms with Gasteiger partial charge in [0.1, 0.15) is 0 Å². The van der Waals surface area contributed by atoms with E-state index in [9.17, 15) is 10.1 Å². The third kappa shape index (κ3) is 2.57. The van der Waals surface area contributed by atoms with Crippen LogP contribution in [0.4, 0.5) is 11.4 Å². The van der Waals surface area contributed by atoms with E-state index in [1.54, 1.807) is 6.07 Å². The highest BCUT2D eigenvalue weighted by Gasteiger charge is 2.39. The van der Waals surface area contributed by atoms with Gasteiger partial charge in [-0.05, 0) is 61.6 Å². The third-order valence-electron chi connectivity index (χ3n) is 7.44. The van der Waals surface area contributed by atoms with Crippen LogP contribution in [0, 0.1) is 23.0 Å². The largest absolute Gasteiger partial charge is 0.377 e. The average molecular weight is 424 g/mol. The lowest BCUT2D eigenvalue weighted by Crippen LogP contribution is -2.29. The molecule has 0 saturated heterocycles. The van der Waals surface area contributed by atoms with Gasteiger partial charge < -0.3 is 9.88 Å². The minimum Gasteiger partial charge on any atom is -0.377 e. The topological polar surface area (TPSA) is 60.1 Å². The molecule has 2 heterocycles. The summed E-state index contributed by atoms with van der Waals surface area (Å²) in [5.74, 6) is 0.684. The molecule has 0 spiro atoms. The molecule has 1 aromatic heterocycles. The highest BCUT2D eigenvalue weighted by molar-refractivity contribution is 6.08. The molecule has 3 unspecified atom stereocenters. The number of benzene rings is 3. The van der Waals surface area contributed by atoms with Crippen molar-refractivity contribution in [3.63, 3.8) is 0 Å². The molecule has 1 N–H and O–H groups in total. The summed E-state index contributed by atoms with van der Waals surface area (Å²) < 4.78 is 2.37. The van der Waals surface area contributed by atoms with Crippen LogP contribution in [0.3, 0.4) is 0 Å². The van der Waals surface area contributed by atoms with Crippen LogP contribution in [0.5, 0.6) is 0 Å². The molecule has 2 aliphatic rings. The number of anilines is 1. The zero-order valence-corrected chi connectivity index (χ0v) is 18.2. The van der Waals surface area contributed by atoms with Crippen molar-refractivity contribution in [2.24, 2.45) is 5.92 Å². The summed E-state index contributed by atoms with van der Waals surface area (Å²) in [4.78, 5) is 11.3. The number of nitrogens with one attached hydrogen (secondary N) is 1. The van der Waals surface area contributed by atoms with Gasteiger partial charge in [-0.2, -0.15) is 0 Å². The molecule has 5 nitrogen and oxygen atoms in total. The van der Waals surface area contributed by atoms with Gasteiger partial charge in [-0.3, -0.25) is 10.1 Å². The number of hydrogen-bond donors (Lipinski definition) is 1. The Hall–Kier alpha value is -3.60. The van der Waals surface area contributed by atoms with Crippen LogP contribution in [0.25, 0.3) is 21.8 Å². The molecule has 0 bridgehead atoms. The van der Waals surface area contributed by atoms with E-state index in [4.69, 9.17) is 0 Å². The second-order valence-corrected chi connectivity index (χ2v) is 8.94. The molecule has 4 aromatic rings. The molecule has 32 heavy (non-hydrogen) atoms. The number of allylic oxidation sites excluding steroid dienone is 2. The van der Waals surface area contributed by atoms with E-state index in [0.717, 1.165) is 24.2 Å². The first-order chi connectivity index (χ1) is 15.6. The van der Waals surface area contributed by atoms with Gasteiger partial charge in [-0.25, -0.2) is 0 Å². The van der Waals surface area contributed by atoms with Crippen LogP contribution in [-0.4, -0.2) is 9.49 Å². The number of para-hydroxylation sites is 1. The summed E-state index contributed by atoms with van der Waals surface area (Å²) in [6.45, 7) is 4.97. The van der Waals surface area contributed by atoms with Crippen molar-refractivity contribution in [2.75, 3.05) is 5.32 Å². The molecule has 1 aliphatic carbocycles. The van der Waals surface area contributed by atoms with Gasteiger partial charge >= 0.3 is 0 Å². The maximum Gasteiger partial charge on any atom is 0.274 e. The maximum atomic E-state index is 11.5. The van der Waals surface area contributed by atoms with Crippen molar-refractivity contribution in [1.29, 1.82) is 0 Å². The lowest BCUT2D eigenvalue weighted by Gasteiger charge is -2.38. The summed E-state index contributed by atoms with van der Waals surface area (Å²) in [5, 5.41) is 17.8. The summed E-state index contributed by atoms with van der Waals surface area (Å²) in [7, 11) is 0. The van der Waals surface area contributed by atoms with Crippen LogP contribution >= 0.6 is 0 Å². The fourth-order valence-corrected chi connectivity index (χ4v) is 5.94. The quantitative estimate of drug-likeness (QED) is 0.222. The Morgan fingerprint density at radius 1 is 1.09 bits per heavy atom. The van der Waals surface area contributed by atoms with Gasteiger partial charge in [0.15, 0.2) is 0 Å². The van der Waals surface area contributed by atoms with Gasteiger partial charge in [0.25, 0.3) is 5.69 Å². The lowest BCUT2D eigenvalue weighted by molar-refractivity contribution is -0.385. The predicted octanol–water partition coefficient (Wildman–Crippen LogP) is 6.86. The Labute approximate surface area is 186 Å². The van der Waals surface area contributed by atoms with Crippen LogP contribution < -0.4 is 5.32 Å². The minimum absolute atomic E-state index is 0.108. The van der Waals surface area contributed by atoms with Crippen molar-refractivity contribution in [3.05, 3.63) is 93.6 Å². The number of nitro groups is 1. The van der Waals surface area contributed by atoms with Crippen molar-refractivity contribution >= 4 is 33.2 Å². The van der Waals surface area contributed by atoms with Crippen molar-refractivity contribution < 1.29 is 4.92 Å². The van der Waals surface area contributed by atoms with Gasteiger partial charge in [0.2, 0.25) is 0 Å². The molecule has 3 atom stereocenters. The van der Waals surface area contributed by atoms with Crippen LogP contribution in [-0.2, 0) is 6.54 Å². The number of hydrogen-bond acceptors (Lipinski definition) is 3. The molecule has 0 fully saturated rings. The molecular weight excluding hydrogens is 398 g/mol. The Kier molecular flexibility index (Phi) is 4.15. The molecular formula is C27H25N3O2. The second-order valence-electron chi connectivity index (χ2n) is 8.94. The van der Waals surface area contributed by atoms with Gasteiger partial charge in [0.05, 0.1) is 16.5 Å². The van der Waals surface area contributed by atoms with Crippen LogP contribution in [0.1, 0.15) is 42.0 Å². The number of aryl methyl sites for hydroxylation is 1. The Bertz CT molecular complexity index is 1430. The molecule has 5 heteroatoms. The number of nitrogens with zero attached hydrogens (tertiary/aromatic N) is 2. The molecule has 0 saturated carbocycles. The summed E-state index contributed by atoms with van der Waals surface area (Å²) in [6, 6.07) is 19.1. The highest BCUT2D eigenvalue weighted by Crippen LogP contribution is 2.52. The van der Waals surface area contributed by atoms with E-state index in [1.807, 2.05) is 13.0 Å². The van der Waals surface area contributed by atoms with Gasteiger partial charge in [-0.15, -0.1) is 0 Å². The van der Waals surface area contributed by atoms with E-state index in [1.165, 1.54) is 32.9 Å². The van der Waals surface area contributed by atoms with Gasteiger partial charge in [-0.1, -0.05) is 36.4 Å². The van der Waals surface area contributed by atoms with E-state index in [-0.39, 0.29) is 22.6 Å². The molecule has 3 aromatic carbocycles. The van der Waals surface area contributed by atoms with Crippen LogP contribution in [0.15, 0.2) is 66.7 Å². The minimum atomic E-state index is -0.283. The van der Waals surface area contributed by atoms with Crippen LogP contribution in [0.2, 0.25) is 0 Å². The first-order valence-electron chi connectivity index (χ1n) is 11.3. The lowest BCUT2D eigenvalue weighted by atomic mass is 9.76. The first kappa shape index (κ1) is 19.1. The Balaban J connectivity index is 1.52. The Morgan fingerprint density at radius 3 is 2.72 bits per heavy atom. The SMILES string of the molecule is CCn1c2ccccc2c2cc(C3Nc4c(ccc([N+](=O)[O-])c4C)C4C=CCC43)ccc21. The van der Waals surface area contributed by atoms with E-state index in [2.05, 4.69) is 71.4 Å². The Morgan fingerprint density at radius 2 is 1.91 bits per heavy atom. The fourth-order valence-electron chi connectivity index (χ4n) is 5.94. The summed E-state index contributed by atoms with van der Waals surface area (Å²) in [5.41, 5.74) is 6.75. The molecule has 0 radical (unpaired) electrons. The standard InChI is InChI=1S/C27H25N3O2/c1-3-29-24-10-5-4-7-19(24)22-15-17(11-13-25(22)29)27-20-9-6-8-18(20)21-12-14-23(30(31)32)16(2)26(21)28-27/h4-8,10-15,18,20,27-28H,3,9H2,1-2H3. The number of rotatable bonds is 3. The zero-order chi connectivity index (χ0) is 22.0. The predicted molar refractivity (Wildman–Crippen MR) is 129 cm³/mol. The normalized spacial score (nSPS) is 21.5. The summed E-state index contributed by atoms with van der Waals surface area (Å²) in [6.07, 6.45) is 5.55. The van der Waals surface area contributed by atoms with Gasteiger partial charge in [0, 0.05) is 46.0 Å². The third-order valence-corrected chi connectivity index (χ3v) is 7.44. The number of nitro benzene ring substituents is 1.